The summed E-state index contributed by atoms with van der Waals surface area (Å²) in [5.41, 5.74) is 1.56. The first kappa shape index (κ1) is 20.1. The molecule has 3 aromatic carbocycles. The van der Waals surface area contributed by atoms with Crippen LogP contribution in [0.5, 0.6) is 0 Å². The highest BCUT2D eigenvalue weighted by molar-refractivity contribution is 6.30. The maximum Gasteiger partial charge on any atom is 0.185 e. The molecule has 32 heavy (non-hydrogen) atoms. The van der Waals surface area contributed by atoms with E-state index < -0.39 is 23.4 Å². The van der Waals surface area contributed by atoms with Crippen molar-refractivity contribution in [2.75, 3.05) is 4.90 Å². The maximum atomic E-state index is 14.0. The molecule has 0 spiro atoms. The highest BCUT2D eigenvalue weighted by atomic mass is 35.5. The molecule has 3 atom stereocenters. The highest BCUT2D eigenvalue weighted by Gasteiger charge is 2.63. The fourth-order valence-corrected chi connectivity index (χ4v) is 5.25. The molecule has 0 aliphatic carbocycles. The van der Waals surface area contributed by atoms with Crippen LogP contribution >= 0.6 is 11.6 Å². The summed E-state index contributed by atoms with van der Waals surface area (Å²) in [6.45, 7) is 0. The molecule has 5 heteroatoms. The van der Waals surface area contributed by atoms with Crippen molar-refractivity contribution in [1.29, 1.82) is 10.5 Å². The van der Waals surface area contributed by atoms with Gasteiger partial charge in [0.05, 0.1) is 18.2 Å². The van der Waals surface area contributed by atoms with Crippen molar-refractivity contribution < 1.29 is 4.79 Å². The Labute approximate surface area is 191 Å². The molecule has 1 fully saturated rings. The summed E-state index contributed by atoms with van der Waals surface area (Å²) >= 11 is 6.23. The Morgan fingerprint density at radius 1 is 0.938 bits per heavy atom. The van der Waals surface area contributed by atoms with Crippen LogP contribution in [0.3, 0.4) is 0 Å². The van der Waals surface area contributed by atoms with E-state index in [1.807, 2.05) is 77.7 Å². The first-order chi connectivity index (χ1) is 15.6. The first-order valence-corrected chi connectivity index (χ1v) is 10.7. The van der Waals surface area contributed by atoms with Crippen molar-refractivity contribution in [1.82, 2.24) is 0 Å². The van der Waals surface area contributed by atoms with E-state index in [0.717, 1.165) is 16.8 Å². The molecule has 0 amide bonds. The third-order valence-corrected chi connectivity index (χ3v) is 6.69. The van der Waals surface area contributed by atoms with E-state index >= 15 is 0 Å². The number of nitrogens with zero attached hydrogens (tertiary/aromatic N) is 3. The van der Waals surface area contributed by atoms with Crippen LogP contribution in [-0.4, -0.2) is 17.9 Å². The normalized spacial score (nSPS) is 22.3. The molecular weight excluding hydrogens is 418 g/mol. The number of carbonyl (C=O) groups is 1. The van der Waals surface area contributed by atoms with Gasteiger partial charge >= 0.3 is 0 Å². The van der Waals surface area contributed by atoms with Gasteiger partial charge in [0.15, 0.2) is 11.2 Å². The molecular formula is C27H18ClN3O. The molecule has 1 saturated heterocycles. The van der Waals surface area contributed by atoms with Gasteiger partial charge in [-0.05, 0) is 29.3 Å². The molecule has 154 valence electrons. The molecule has 0 unspecified atom stereocenters. The summed E-state index contributed by atoms with van der Waals surface area (Å²) in [6.07, 6.45) is 3.75. The number of anilines is 1. The number of hydrogen-bond acceptors (Lipinski definition) is 4. The van der Waals surface area contributed by atoms with Gasteiger partial charge in [0.1, 0.15) is 6.04 Å². The van der Waals surface area contributed by atoms with Crippen LogP contribution in [0.1, 0.15) is 27.4 Å². The zero-order valence-electron chi connectivity index (χ0n) is 17.0. The summed E-state index contributed by atoms with van der Waals surface area (Å²) in [5, 5.41) is 21.4. The summed E-state index contributed by atoms with van der Waals surface area (Å²) < 4.78 is 0. The summed E-state index contributed by atoms with van der Waals surface area (Å²) in [4.78, 5) is 15.9. The van der Waals surface area contributed by atoms with Crippen molar-refractivity contribution in [2.45, 2.75) is 18.0 Å². The maximum absolute atomic E-state index is 14.0. The quantitative estimate of drug-likeness (QED) is 0.500. The number of carbonyl (C=O) groups excluding carboxylic acids is 1. The largest absolute Gasteiger partial charge is 0.351 e. The van der Waals surface area contributed by atoms with E-state index in [0.29, 0.717) is 10.6 Å². The van der Waals surface area contributed by atoms with Gasteiger partial charge in [0, 0.05) is 22.2 Å². The Morgan fingerprint density at radius 2 is 1.59 bits per heavy atom. The molecule has 4 nitrogen and oxygen atoms in total. The summed E-state index contributed by atoms with van der Waals surface area (Å²) in [5.74, 6) is -0.754. The van der Waals surface area contributed by atoms with Crippen molar-refractivity contribution in [2.24, 2.45) is 5.41 Å². The lowest BCUT2D eigenvalue weighted by molar-refractivity contribution is 0.0951. The predicted molar refractivity (Wildman–Crippen MR) is 124 cm³/mol. The second-order valence-corrected chi connectivity index (χ2v) is 8.51. The Hall–Kier alpha value is -3.86. The van der Waals surface area contributed by atoms with E-state index in [2.05, 4.69) is 12.1 Å². The van der Waals surface area contributed by atoms with Crippen LogP contribution in [-0.2, 0) is 0 Å². The number of ketones is 1. The number of Topliss-reactive ketones (excluding diaryl/α,β-unsaturated/α-hetero) is 1. The van der Waals surface area contributed by atoms with E-state index in [1.165, 1.54) is 0 Å². The Morgan fingerprint density at radius 3 is 2.25 bits per heavy atom. The number of nitriles is 2. The monoisotopic (exact) mass is 435 g/mol. The Balaban J connectivity index is 1.79. The zero-order chi connectivity index (χ0) is 22.3. The van der Waals surface area contributed by atoms with Gasteiger partial charge in [-0.3, -0.25) is 4.79 Å². The third kappa shape index (κ3) is 2.85. The molecule has 0 aromatic heterocycles. The molecule has 2 heterocycles. The van der Waals surface area contributed by atoms with Crippen LogP contribution in [0.2, 0.25) is 5.02 Å². The van der Waals surface area contributed by atoms with Gasteiger partial charge in [-0.15, -0.1) is 0 Å². The minimum Gasteiger partial charge on any atom is -0.351 e. The molecule has 2 aliphatic heterocycles. The third-order valence-electron chi connectivity index (χ3n) is 6.45. The number of benzene rings is 3. The van der Waals surface area contributed by atoms with E-state index in [-0.39, 0.29) is 5.78 Å². The number of halogens is 1. The average molecular weight is 436 g/mol. The molecule has 0 N–H and O–H groups in total. The van der Waals surface area contributed by atoms with Crippen LogP contribution in [0, 0.1) is 28.1 Å². The van der Waals surface area contributed by atoms with Crippen LogP contribution in [0.4, 0.5) is 5.69 Å². The summed E-state index contributed by atoms with van der Waals surface area (Å²) in [7, 11) is 0. The Bertz CT molecular complexity index is 1290. The van der Waals surface area contributed by atoms with Gasteiger partial charge in [-0.25, -0.2) is 0 Å². The standard InChI is InChI=1S/C27H18ClN3O/c28-21-12-13-22-20(15-21)11-14-23-27(16-29,17-30)24(18-7-3-1-4-8-18)25(31(22)23)26(32)19-9-5-2-6-10-19/h1-15,23-25H/t23-,24-,25+/m1/s1. The zero-order valence-corrected chi connectivity index (χ0v) is 17.8. The lowest BCUT2D eigenvalue weighted by Gasteiger charge is -2.35. The smallest absolute Gasteiger partial charge is 0.185 e. The fraction of sp³-hybridized carbons (Fsp3) is 0.148. The molecule has 0 bridgehead atoms. The molecule has 0 saturated carbocycles. The van der Waals surface area contributed by atoms with Crippen LogP contribution in [0.25, 0.3) is 6.08 Å². The topological polar surface area (TPSA) is 67.9 Å². The molecule has 0 radical (unpaired) electrons. The van der Waals surface area contributed by atoms with Crippen LogP contribution < -0.4 is 4.90 Å². The van der Waals surface area contributed by atoms with Gasteiger partial charge in [0.25, 0.3) is 0 Å². The summed E-state index contributed by atoms with van der Waals surface area (Å²) in [6, 6.07) is 27.3. The predicted octanol–water partition coefficient (Wildman–Crippen LogP) is 5.62. The first-order valence-electron chi connectivity index (χ1n) is 10.3. The molecule has 5 rings (SSSR count). The lowest BCUT2D eigenvalue weighted by Crippen LogP contribution is -2.44. The molecule has 2 aliphatic rings. The number of hydrogen-bond donors (Lipinski definition) is 0. The van der Waals surface area contributed by atoms with Gasteiger partial charge in [0.2, 0.25) is 0 Å². The fourth-order valence-electron chi connectivity index (χ4n) is 5.07. The number of rotatable bonds is 3. The second-order valence-electron chi connectivity index (χ2n) is 8.07. The minimum absolute atomic E-state index is 0.118. The molecule has 3 aromatic rings. The average Bonchev–Trinajstić information content (AvgIpc) is 3.15. The van der Waals surface area contributed by atoms with Crippen molar-refractivity contribution >= 4 is 29.1 Å². The Kier molecular flexibility index (Phi) is 4.82. The lowest BCUT2D eigenvalue weighted by atomic mass is 9.69. The number of fused-ring (bicyclic) bond motifs is 3. The van der Waals surface area contributed by atoms with Gasteiger partial charge in [-0.2, -0.15) is 10.5 Å². The van der Waals surface area contributed by atoms with Gasteiger partial charge < -0.3 is 4.90 Å². The van der Waals surface area contributed by atoms with Crippen molar-refractivity contribution in [3.8, 4) is 12.1 Å². The SMILES string of the molecule is N#CC1(C#N)[C@H](c2ccccc2)[C@@H](C(=O)c2ccccc2)N2c3ccc(Cl)cc3C=C[C@@H]21. The second kappa shape index (κ2) is 7.68. The van der Waals surface area contributed by atoms with Crippen LogP contribution in [0.15, 0.2) is 84.9 Å². The van der Waals surface area contributed by atoms with E-state index in [9.17, 15) is 15.3 Å². The van der Waals surface area contributed by atoms with Crippen molar-refractivity contribution in [3.63, 3.8) is 0 Å². The van der Waals surface area contributed by atoms with E-state index in [4.69, 9.17) is 11.6 Å². The van der Waals surface area contributed by atoms with Gasteiger partial charge in [-0.1, -0.05) is 84.4 Å². The minimum atomic E-state index is -1.44. The highest BCUT2D eigenvalue weighted by Crippen LogP contribution is 2.55. The van der Waals surface area contributed by atoms with Crippen molar-refractivity contribution in [3.05, 3.63) is 107 Å². The van der Waals surface area contributed by atoms with E-state index in [1.54, 1.807) is 18.2 Å².